The van der Waals surface area contributed by atoms with Gasteiger partial charge in [0.1, 0.15) is 0 Å². The number of nitrogens with one attached hydrogen (secondary N) is 2. The molecule has 20 heavy (non-hydrogen) atoms. The van der Waals surface area contributed by atoms with Crippen LogP contribution in [0.2, 0.25) is 5.02 Å². The van der Waals surface area contributed by atoms with E-state index in [0.717, 1.165) is 24.1 Å². The number of hydrogen-bond acceptors (Lipinski definition) is 1. The average Bonchev–Trinajstić information content (AvgIpc) is 3.24. The number of nitrogens with zero attached hydrogens (tertiary/aromatic N) is 1. The molecule has 1 aliphatic rings. The van der Waals surface area contributed by atoms with E-state index in [9.17, 15) is 0 Å². The van der Waals surface area contributed by atoms with Gasteiger partial charge in [0.05, 0.1) is 13.1 Å². The van der Waals surface area contributed by atoms with Crippen molar-refractivity contribution in [1.29, 1.82) is 0 Å². The number of guanidine groups is 1. The summed E-state index contributed by atoms with van der Waals surface area (Å²) in [5.74, 6) is 3.34. The number of benzene rings is 1. The first-order chi connectivity index (χ1) is 9.70. The molecule has 2 rings (SSSR count). The van der Waals surface area contributed by atoms with Crippen molar-refractivity contribution in [3.8, 4) is 12.3 Å². The monoisotopic (exact) mass is 289 g/mol. The van der Waals surface area contributed by atoms with Crippen LogP contribution < -0.4 is 10.6 Å². The first-order valence-electron chi connectivity index (χ1n) is 6.92. The Balaban J connectivity index is 2.04. The standard InChI is InChI=1S/C16H20ClN3/c1-3-11-19-15(18-4-2)20-12-16(9-10-16)13-5-7-14(17)8-6-13/h1,5-8H,4,9-12H2,2H3,(H2,18,19,20). The molecule has 1 aliphatic carbocycles. The second-order valence-electron chi connectivity index (χ2n) is 5.04. The van der Waals surface area contributed by atoms with Crippen LogP contribution in [0.1, 0.15) is 25.3 Å². The smallest absolute Gasteiger partial charge is 0.192 e. The van der Waals surface area contributed by atoms with Gasteiger partial charge < -0.3 is 10.6 Å². The second kappa shape index (κ2) is 6.67. The molecule has 0 spiro atoms. The lowest BCUT2D eigenvalue weighted by Crippen LogP contribution is -2.38. The van der Waals surface area contributed by atoms with Crippen LogP contribution in [-0.2, 0) is 5.41 Å². The van der Waals surface area contributed by atoms with Gasteiger partial charge in [0, 0.05) is 17.0 Å². The van der Waals surface area contributed by atoms with E-state index < -0.39 is 0 Å². The SMILES string of the molecule is C#CCNC(=NCC1(c2ccc(Cl)cc2)CC1)NCC. The topological polar surface area (TPSA) is 36.4 Å². The molecule has 3 nitrogen and oxygen atoms in total. The minimum Gasteiger partial charge on any atom is -0.357 e. The molecule has 0 aliphatic heterocycles. The van der Waals surface area contributed by atoms with E-state index >= 15 is 0 Å². The molecule has 0 atom stereocenters. The molecule has 0 amide bonds. The third kappa shape index (κ3) is 3.68. The fourth-order valence-electron chi connectivity index (χ4n) is 2.20. The summed E-state index contributed by atoms with van der Waals surface area (Å²) >= 11 is 5.94. The highest BCUT2D eigenvalue weighted by Gasteiger charge is 2.44. The van der Waals surface area contributed by atoms with E-state index in [-0.39, 0.29) is 5.41 Å². The highest BCUT2D eigenvalue weighted by molar-refractivity contribution is 6.30. The minimum absolute atomic E-state index is 0.184. The van der Waals surface area contributed by atoms with Gasteiger partial charge >= 0.3 is 0 Å². The van der Waals surface area contributed by atoms with Gasteiger partial charge in [0.15, 0.2) is 5.96 Å². The molecule has 1 fully saturated rings. The van der Waals surface area contributed by atoms with Gasteiger partial charge in [0.25, 0.3) is 0 Å². The number of aliphatic imine (C=N–C) groups is 1. The van der Waals surface area contributed by atoms with Gasteiger partial charge in [0.2, 0.25) is 0 Å². The summed E-state index contributed by atoms with van der Waals surface area (Å²) in [6, 6.07) is 8.10. The van der Waals surface area contributed by atoms with Crippen molar-refractivity contribution >= 4 is 17.6 Å². The summed E-state index contributed by atoms with van der Waals surface area (Å²) in [7, 11) is 0. The van der Waals surface area contributed by atoms with E-state index in [1.807, 2.05) is 19.1 Å². The van der Waals surface area contributed by atoms with Crippen LogP contribution in [0.15, 0.2) is 29.3 Å². The summed E-state index contributed by atoms with van der Waals surface area (Å²) in [5, 5.41) is 7.09. The third-order valence-corrected chi connectivity index (χ3v) is 3.80. The van der Waals surface area contributed by atoms with E-state index in [4.69, 9.17) is 18.0 Å². The maximum atomic E-state index is 5.94. The van der Waals surface area contributed by atoms with E-state index in [1.165, 1.54) is 18.4 Å². The van der Waals surface area contributed by atoms with Crippen molar-refractivity contribution < 1.29 is 0 Å². The Bertz CT molecular complexity index is 510. The molecule has 1 saturated carbocycles. The van der Waals surface area contributed by atoms with Gasteiger partial charge in [-0.15, -0.1) is 6.42 Å². The maximum Gasteiger partial charge on any atom is 0.192 e. The molecule has 1 aromatic rings. The lowest BCUT2D eigenvalue weighted by molar-refractivity contribution is 0.696. The molecule has 4 heteroatoms. The van der Waals surface area contributed by atoms with Crippen LogP contribution in [0, 0.1) is 12.3 Å². The molecule has 106 valence electrons. The molecule has 0 aromatic heterocycles. The summed E-state index contributed by atoms with van der Waals surface area (Å²) in [6.45, 7) is 4.12. The summed E-state index contributed by atoms with van der Waals surface area (Å²) in [5.41, 5.74) is 1.50. The average molecular weight is 290 g/mol. The van der Waals surface area contributed by atoms with Crippen molar-refractivity contribution in [2.75, 3.05) is 19.6 Å². The van der Waals surface area contributed by atoms with Crippen LogP contribution in [0.5, 0.6) is 0 Å². The van der Waals surface area contributed by atoms with E-state index in [0.29, 0.717) is 6.54 Å². The minimum atomic E-state index is 0.184. The van der Waals surface area contributed by atoms with Gasteiger partial charge in [-0.1, -0.05) is 29.7 Å². The van der Waals surface area contributed by atoms with E-state index in [2.05, 4.69) is 33.7 Å². The normalized spacial score (nSPS) is 16.4. The van der Waals surface area contributed by atoms with Gasteiger partial charge in [-0.2, -0.15) is 0 Å². The third-order valence-electron chi connectivity index (χ3n) is 3.55. The Labute approximate surface area is 125 Å². The molecular weight excluding hydrogens is 270 g/mol. The number of halogens is 1. The molecule has 0 saturated heterocycles. The Morgan fingerprint density at radius 1 is 1.35 bits per heavy atom. The zero-order valence-electron chi connectivity index (χ0n) is 11.7. The summed E-state index contributed by atoms with van der Waals surface area (Å²) < 4.78 is 0. The first kappa shape index (κ1) is 14.7. The predicted octanol–water partition coefficient (Wildman–Crippen LogP) is 2.56. The van der Waals surface area contributed by atoms with Gasteiger partial charge in [-0.3, -0.25) is 4.99 Å². The largest absolute Gasteiger partial charge is 0.357 e. The highest BCUT2D eigenvalue weighted by atomic mass is 35.5. The van der Waals surface area contributed by atoms with Crippen molar-refractivity contribution in [2.45, 2.75) is 25.2 Å². The highest BCUT2D eigenvalue weighted by Crippen LogP contribution is 2.48. The number of hydrogen-bond donors (Lipinski definition) is 2. The van der Waals surface area contributed by atoms with Crippen LogP contribution >= 0.6 is 11.6 Å². The molecular formula is C16H20ClN3. The Morgan fingerprint density at radius 3 is 2.60 bits per heavy atom. The van der Waals surface area contributed by atoms with Crippen LogP contribution in [0.25, 0.3) is 0 Å². The van der Waals surface area contributed by atoms with Gasteiger partial charge in [-0.05, 0) is 37.5 Å². The van der Waals surface area contributed by atoms with Crippen molar-refractivity contribution in [2.24, 2.45) is 4.99 Å². The molecule has 0 bridgehead atoms. The van der Waals surface area contributed by atoms with Gasteiger partial charge in [-0.25, -0.2) is 0 Å². The van der Waals surface area contributed by atoms with Crippen LogP contribution in [0.3, 0.4) is 0 Å². The zero-order chi connectivity index (χ0) is 14.4. The lowest BCUT2D eigenvalue weighted by atomic mass is 9.96. The Kier molecular flexibility index (Phi) is 4.92. The Morgan fingerprint density at radius 2 is 2.05 bits per heavy atom. The predicted molar refractivity (Wildman–Crippen MR) is 85.2 cm³/mol. The van der Waals surface area contributed by atoms with E-state index in [1.54, 1.807) is 0 Å². The summed E-state index contributed by atoms with van der Waals surface area (Å²) in [6.07, 6.45) is 7.61. The Hall–Kier alpha value is -1.66. The molecule has 2 N–H and O–H groups in total. The maximum absolute atomic E-state index is 5.94. The first-order valence-corrected chi connectivity index (χ1v) is 7.30. The summed E-state index contributed by atoms with van der Waals surface area (Å²) in [4.78, 5) is 4.65. The molecule has 1 aromatic carbocycles. The van der Waals surface area contributed by atoms with Crippen LogP contribution in [0.4, 0.5) is 0 Å². The molecule has 0 unspecified atom stereocenters. The second-order valence-corrected chi connectivity index (χ2v) is 5.48. The lowest BCUT2D eigenvalue weighted by Gasteiger charge is -2.15. The van der Waals surface area contributed by atoms with Crippen molar-refractivity contribution in [3.63, 3.8) is 0 Å². The number of rotatable bonds is 5. The molecule has 0 heterocycles. The van der Waals surface area contributed by atoms with Crippen LogP contribution in [-0.4, -0.2) is 25.6 Å². The van der Waals surface area contributed by atoms with Crippen molar-refractivity contribution in [1.82, 2.24) is 10.6 Å². The van der Waals surface area contributed by atoms with Crippen molar-refractivity contribution in [3.05, 3.63) is 34.9 Å². The molecule has 0 radical (unpaired) electrons. The quantitative estimate of drug-likeness (QED) is 0.496. The fraction of sp³-hybridized carbons (Fsp3) is 0.438. The zero-order valence-corrected chi connectivity index (χ0v) is 12.5. The number of terminal acetylenes is 1. The fourth-order valence-corrected chi connectivity index (χ4v) is 2.33.